The third-order valence-electron chi connectivity index (χ3n) is 2.95. The molecule has 1 rings (SSSR count). The van der Waals surface area contributed by atoms with Crippen LogP contribution in [0.5, 0.6) is 0 Å². The van der Waals surface area contributed by atoms with Crippen molar-refractivity contribution < 1.29 is 9.59 Å². The molecule has 0 aliphatic heterocycles. The second-order valence-corrected chi connectivity index (χ2v) is 5.78. The van der Waals surface area contributed by atoms with Gasteiger partial charge < -0.3 is 11.1 Å². The highest BCUT2D eigenvalue weighted by Gasteiger charge is 2.15. The number of urea groups is 1. The lowest BCUT2D eigenvalue weighted by Crippen LogP contribution is -2.34. The lowest BCUT2D eigenvalue weighted by Gasteiger charge is -2.19. The Bertz CT molecular complexity index is 596. The Balaban J connectivity index is 2.71. The highest BCUT2D eigenvalue weighted by molar-refractivity contribution is 6.08. The zero-order valence-electron chi connectivity index (χ0n) is 13.3. The topological polar surface area (TPSA) is 96.6 Å². The fourth-order valence-electron chi connectivity index (χ4n) is 1.44. The Morgan fingerprint density at radius 1 is 1.23 bits per heavy atom. The van der Waals surface area contributed by atoms with Crippen LogP contribution in [-0.2, 0) is 0 Å². The molecule has 0 saturated heterocycles. The first-order valence-corrected chi connectivity index (χ1v) is 6.84. The van der Waals surface area contributed by atoms with E-state index in [0.717, 1.165) is 6.29 Å². The standard InChI is InChI=1S/C16H22N4O2/c1-16(2,3)13(17)9-14(18-4)20-15(22)19-12-7-5-11(10-21)6-8-12/h5-10H,17H2,1-4H3,(H2,18,19,20,22). The van der Waals surface area contributed by atoms with Gasteiger partial charge in [-0.05, 0) is 30.3 Å². The van der Waals surface area contributed by atoms with Crippen LogP contribution in [-0.4, -0.2) is 25.2 Å². The van der Waals surface area contributed by atoms with E-state index in [1.165, 1.54) is 0 Å². The first-order chi connectivity index (χ1) is 10.3. The van der Waals surface area contributed by atoms with Crippen molar-refractivity contribution in [2.75, 3.05) is 12.4 Å². The summed E-state index contributed by atoms with van der Waals surface area (Å²) < 4.78 is 0. The summed E-state index contributed by atoms with van der Waals surface area (Å²) in [5, 5.41) is 5.27. The summed E-state index contributed by atoms with van der Waals surface area (Å²) in [4.78, 5) is 26.5. The Morgan fingerprint density at radius 3 is 2.27 bits per heavy atom. The number of rotatable bonds is 3. The van der Waals surface area contributed by atoms with Crippen LogP contribution in [0.3, 0.4) is 0 Å². The van der Waals surface area contributed by atoms with Crippen LogP contribution in [0.15, 0.2) is 41.0 Å². The number of allylic oxidation sites excluding steroid dienone is 1. The fourth-order valence-corrected chi connectivity index (χ4v) is 1.44. The molecule has 0 atom stereocenters. The minimum atomic E-state index is -0.433. The van der Waals surface area contributed by atoms with Crippen LogP contribution in [0, 0.1) is 5.41 Å². The van der Waals surface area contributed by atoms with E-state index in [2.05, 4.69) is 15.6 Å². The molecule has 1 aromatic carbocycles. The van der Waals surface area contributed by atoms with Crippen molar-refractivity contribution in [2.24, 2.45) is 16.1 Å². The van der Waals surface area contributed by atoms with E-state index in [0.29, 0.717) is 22.8 Å². The van der Waals surface area contributed by atoms with Crippen molar-refractivity contribution in [3.8, 4) is 0 Å². The van der Waals surface area contributed by atoms with Crippen molar-refractivity contribution in [1.29, 1.82) is 0 Å². The maximum atomic E-state index is 11.9. The monoisotopic (exact) mass is 302 g/mol. The number of aliphatic imine (C=N–C) groups is 1. The number of aldehydes is 1. The number of nitrogens with zero attached hydrogens (tertiary/aromatic N) is 1. The number of hydrogen-bond donors (Lipinski definition) is 3. The molecule has 0 unspecified atom stereocenters. The number of nitrogens with two attached hydrogens (primary N) is 1. The molecule has 1 aromatic rings. The fraction of sp³-hybridized carbons (Fsp3) is 0.312. The highest BCUT2D eigenvalue weighted by Crippen LogP contribution is 2.20. The van der Waals surface area contributed by atoms with Crippen molar-refractivity contribution >= 4 is 23.8 Å². The van der Waals surface area contributed by atoms with Crippen molar-refractivity contribution in [3.63, 3.8) is 0 Å². The smallest absolute Gasteiger partial charge is 0.324 e. The van der Waals surface area contributed by atoms with Crippen LogP contribution >= 0.6 is 0 Å². The lowest BCUT2D eigenvalue weighted by molar-refractivity contribution is 0.112. The van der Waals surface area contributed by atoms with Gasteiger partial charge in [-0.2, -0.15) is 0 Å². The Labute approximate surface area is 130 Å². The zero-order valence-corrected chi connectivity index (χ0v) is 13.3. The third-order valence-corrected chi connectivity index (χ3v) is 2.95. The molecule has 118 valence electrons. The van der Waals surface area contributed by atoms with Crippen LogP contribution < -0.4 is 16.4 Å². The number of nitrogens with one attached hydrogen (secondary N) is 2. The van der Waals surface area contributed by atoms with Crippen LogP contribution in [0.25, 0.3) is 0 Å². The molecule has 0 heterocycles. The average molecular weight is 302 g/mol. The highest BCUT2D eigenvalue weighted by atomic mass is 16.2. The molecular formula is C16H22N4O2. The molecule has 0 bridgehead atoms. The molecule has 22 heavy (non-hydrogen) atoms. The largest absolute Gasteiger partial charge is 0.401 e. The number of amides is 2. The Kier molecular flexibility index (Phi) is 5.86. The van der Waals surface area contributed by atoms with Gasteiger partial charge in [0.25, 0.3) is 0 Å². The van der Waals surface area contributed by atoms with E-state index < -0.39 is 6.03 Å². The van der Waals surface area contributed by atoms with Crippen molar-refractivity contribution in [3.05, 3.63) is 41.6 Å². The summed E-state index contributed by atoms with van der Waals surface area (Å²) in [5.41, 5.74) is 7.49. The molecule has 0 fully saturated rings. The van der Waals surface area contributed by atoms with Gasteiger partial charge in [-0.3, -0.25) is 15.1 Å². The SMILES string of the molecule is CN=C(C=C(N)C(C)(C)C)NC(=O)Nc1ccc(C=O)cc1. The minimum absolute atomic E-state index is 0.210. The maximum Gasteiger partial charge on any atom is 0.324 e. The van der Waals surface area contributed by atoms with Crippen LogP contribution in [0.4, 0.5) is 10.5 Å². The molecule has 0 saturated carbocycles. The van der Waals surface area contributed by atoms with Gasteiger partial charge in [0.05, 0.1) is 0 Å². The quantitative estimate of drug-likeness (QED) is 0.455. The first kappa shape index (κ1) is 17.4. The molecule has 6 nitrogen and oxygen atoms in total. The number of carbonyl (C=O) groups is 2. The van der Waals surface area contributed by atoms with Crippen molar-refractivity contribution in [2.45, 2.75) is 20.8 Å². The molecule has 0 aliphatic rings. The normalized spacial score (nSPS) is 12.7. The first-order valence-electron chi connectivity index (χ1n) is 6.84. The van der Waals surface area contributed by atoms with E-state index in [1.54, 1.807) is 37.4 Å². The van der Waals surface area contributed by atoms with E-state index in [1.807, 2.05) is 20.8 Å². The Hall–Kier alpha value is -2.63. The predicted molar refractivity (Wildman–Crippen MR) is 89.1 cm³/mol. The minimum Gasteiger partial charge on any atom is -0.401 e. The van der Waals surface area contributed by atoms with Gasteiger partial charge in [0.15, 0.2) is 0 Å². The molecule has 6 heteroatoms. The molecule has 0 radical (unpaired) electrons. The van der Waals surface area contributed by atoms with Crippen LogP contribution in [0.2, 0.25) is 0 Å². The lowest BCUT2D eigenvalue weighted by atomic mass is 9.92. The molecule has 0 aromatic heterocycles. The second-order valence-electron chi connectivity index (χ2n) is 5.78. The van der Waals surface area contributed by atoms with Gasteiger partial charge >= 0.3 is 6.03 Å². The van der Waals surface area contributed by atoms with E-state index in [-0.39, 0.29) is 5.41 Å². The van der Waals surface area contributed by atoms with Gasteiger partial charge in [0, 0.05) is 29.4 Å². The molecule has 0 aliphatic carbocycles. The summed E-state index contributed by atoms with van der Waals surface area (Å²) in [7, 11) is 1.57. The molecule has 0 spiro atoms. The van der Waals surface area contributed by atoms with E-state index >= 15 is 0 Å². The predicted octanol–water partition coefficient (Wildman–Crippen LogP) is 2.54. The second kappa shape index (κ2) is 7.40. The summed E-state index contributed by atoms with van der Waals surface area (Å²) >= 11 is 0. The number of carbonyl (C=O) groups excluding carboxylic acids is 2. The van der Waals surface area contributed by atoms with E-state index in [9.17, 15) is 9.59 Å². The summed E-state index contributed by atoms with van der Waals surface area (Å²) in [6, 6.07) is 6.10. The van der Waals surface area contributed by atoms with E-state index in [4.69, 9.17) is 5.73 Å². The van der Waals surface area contributed by atoms with Crippen molar-refractivity contribution in [1.82, 2.24) is 5.32 Å². The van der Waals surface area contributed by atoms with Gasteiger partial charge in [-0.15, -0.1) is 0 Å². The van der Waals surface area contributed by atoms with Gasteiger partial charge in [-0.25, -0.2) is 4.79 Å². The number of anilines is 1. The summed E-state index contributed by atoms with van der Waals surface area (Å²) in [6.45, 7) is 5.92. The van der Waals surface area contributed by atoms with Gasteiger partial charge in [0.1, 0.15) is 12.1 Å². The Morgan fingerprint density at radius 2 is 1.82 bits per heavy atom. The zero-order chi connectivity index (χ0) is 16.8. The maximum absolute atomic E-state index is 11.9. The third kappa shape index (κ3) is 5.40. The molecule has 2 amide bonds. The number of hydrogen-bond acceptors (Lipinski definition) is 4. The summed E-state index contributed by atoms with van der Waals surface area (Å²) in [5.74, 6) is 0.370. The van der Waals surface area contributed by atoms with Crippen LogP contribution in [0.1, 0.15) is 31.1 Å². The number of benzene rings is 1. The molecule has 4 N–H and O–H groups in total. The van der Waals surface area contributed by atoms with Gasteiger partial charge in [-0.1, -0.05) is 20.8 Å². The summed E-state index contributed by atoms with van der Waals surface area (Å²) in [6.07, 6.45) is 2.38. The molecular weight excluding hydrogens is 280 g/mol. The number of amidine groups is 1. The average Bonchev–Trinajstić information content (AvgIpc) is 2.46. The van der Waals surface area contributed by atoms with Gasteiger partial charge in [0.2, 0.25) is 0 Å².